The number of hydrogen-bond donors (Lipinski definition) is 0. The van der Waals surface area contributed by atoms with E-state index in [1.54, 1.807) is 24.3 Å². The van der Waals surface area contributed by atoms with Crippen LogP contribution in [0.5, 0.6) is 0 Å². The molecule has 1 atom stereocenters. The number of carbonyl (C=O) groups is 2. The molecule has 1 aromatic rings. The van der Waals surface area contributed by atoms with Crippen molar-refractivity contribution in [3.8, 4) is 0 Å². The Balaban J connectivity index is 2.70. The van der Waals surface area contributed by atoms with Crippen molar-refractivity contribution in [2.24, 2.45) is 0 Å². The predicted octanol–water partition coefficient (Wildman–Crippen LogP) is 3.97. The highest BCUT2D eigenvalue weighted by molar-refractivity contribution is 5.90. The molecular formula is C17H25NO3. The first-order valence-corrected chi connectivity index (χ1v) is 7.69. The molecule has 0 aliphatic carbocycles. The molecule has 0 bridgehead atoms. The summed E-state index contributed by atoms with van der Waals surface area (Å²) in [5.74, 6) is -0.609. The number of amides is 1. The van der Waals surface area contributed by atoms with Crippen LogP contribution in [0.15, 0.2) is 30.3 Å². The molecule has 0 aromatic heterocycles. The van der Waals surface area contributed by atoms with Gasteiger partial charge in [-0.15, -0.1) is 0 Å². The Morgan fingerprint density at radius 3 is 2.38 bits per heavy atom. The Bertz CT molecular complexity index is 445. The van der Waals surface area contributed by atoms with Crippen LogP contribution in [0, 0.1) is 0 Å². The zero-order valence-corrected chi connectivity index (χ0v) is 13.2. The fourth-order valence-electron chi connectivity index (χ4n) is 1.91. The molecule has 0 saturated carbocycles. The molecule has 1 amide bonds. The number of hydrogen-bond acceptors (Lipinski definition) is 3. The summed E-state index contributed by atoms with van der Waals surface area (Å²) in [4.78, 5) is 29.7. The van der Waals surface area contributed by atoms with E-state index in [1.807, 2.05) is 19.9 Å². The van der Waals surface area contributed by atoms with Gasteiger partial charge in [0.25, 0.3) is 5.91 Å². The van der Waals surface area contributed by atoms with Gasteiger partial charge in [0, 0.05) is 6.42 Å². The SMILES string of the molecule is CCCCCC(=O)N(OC(=O)c1ccccc1)C(C)CC. The summed E-state index contributed by atoms with van der Waals surface area (Å²) in [6.07, 6.45) is 4.04. The van der Waals surface area contributed by atoms with Gasteiger partial charge < -0.3 is 4.84 Å². The zero-order chi connectivity index (χ0) is 15.7. The van der Waals surface area contributed by atoms with Crippen LogP contribution < -0.4 is 0 Å². The molecule has 0 saturated heterocycles. The summed E-state index contributed by atoms with van der Waals surface area (Å²) >= 11 is 0. The monoisotopic (exact) mass is 291 g/mol. The van der Waals surface area contributed by atoms with Crippen molar-refractivity contribution >= 4 is 11.9 Å². The molecule has 1 aromatic carbocycles. The lowest BCUT2D eigenvalue weighted by atomic mass is 10.2. The molecular weight excluding hydrogens is 266 g/mol. The molecule has 0 radical (unpaired) electrons. The Morgan fingerprint density at radius 1 is 1.14 bits per heavy atom. The summed E-state index contributed by atoms with van der Waals surface area (Å²) in [6.45, 7) is 5.94. The maximum Gasteiger partial charge on any atom is 0.363 e. The molecule has 1 unspecified atom stereocenters. The zero-order valence-electron chi connectivity index (χ0n) is 13.2. The standard InChI is InChI=1S/C17H25NO3/c1-4-6-8-13-16(19)18(14(3)5-2)21-17(20)15-11-9-7-10-12-15/h7,9-12,14H,4-6,8,13H2,1-3H3. The highest BCUT2D eigenvalue weighted by Crippen LogP contribution is 2.12. The van der Waals surface area contributed by atoms with Gasteiger partial charge in [0.1, 0.15) is 0 Å². The summed E-state index contributed by atoms with van der Waals surface area (Å²) in [7, 11) is 0. The lowest BCUT2D eigenvalue weighted by molar-refractivity contribution is -0.176. The van der Waals surface area contributed by atoms with Crippen LogP contribution in [-0.4, -0.2) is 23.0 Å². The summed E-state index contributed by atoms with van der Waals surface area (Å²) in [5, 5.41) is 1.24. The van der Waals surface area contributed by atoms with Crippen LogP contribution in [0.2, 0.25) is 0 Å². The third-order valence-corrected chi connectivity index (χ3v) is 3.42. The molecule has 4 nitrogen and oxygen atoms in total. The van der Waals surface area contributed by atoms with Crippen molar-refractivity contribution in [1.82, 2.24) is 5.06 Å². The van der Waals surface area contributed by atoms with Crippen LogP contribution in [0.25, 0.3) is 0 Å². The van der Waals surface area contributed by atoms with Crippen LogP contribution in [0.4, 0.5) is 0 Å². The summed E-state index contributed by atoms with van der Waals surface area (Å²) in [5.41, 5.74) is 0.451. The van der Waals surface area contributed by atoms with Crippen molar-refractivity contribution < 1.29 is 14.4 Å². The van der Waals surface area contributed by atoms with Crippen molar-refractivity contribution in [3.05, 3.63) is 35.9 Å². The molecule has 0 N–H and O–H groups in total. The van der Waals surface area contributed by atoms with Gasteiger partial charge in [0.2, 0.25) is 0 Å². The normalized spacial score (nSPS) is 11.8. The first-order valence-electron chi connectivity index (χ1n) is 7.69. The fourth-order valence-corrected chi connectivity index (χ4v) is 1.91. The Kier molecular flexibility index (Phi) is 7.51. The van der Waals surface area contributed by atoms with Crippen LogP contribution in [0.1, 0.15) is 63.2 Å². The van der Waals surface area contributed by atoms with Gasteiger partial charge in [-0.1, -0.05) is 44.9 Å². The maximum absolute atomic E-state index is 12.2. The minimum Gasteiger partial charge on any atom is -0.332 e. The fraction of sp³-hybridized carbons (Fsp3) is 0.529. The first kappa shape index (κ1) is 17.2. The average molecular weight is 291 g/mol. The third-order valence-electron chi connectivity index (χ3n) is 3.42. The average Bonchev–Trinajstić information content (AvgIpc) is 2.52. The highest BCUT2D eigenvalue weighted by Gasteiger charge is 2.23. The van der Waals surface area contributed by atoms with E-state index in [0.29, 0.717) is 12.0 Å². The van der Waals surface area contributed by atoms with E-state index in [9.17, 15) is 9.59 Å². The number of rotatable bonds is 7. The summed E-state index contributed by atoms with van der Waals surface area (Å²) < 4.78 is 0. The molecule has 0 aliphatic heterocycles. The summed E-state index contributed by atoms with van der Waals surface area (Å²) in [6, 6.07) is 8.61. The van der Waals surface area contributed by atoms with Crippen LogP contribution in [0.3, 0.4) is 0 Å². The second-order valence-corrected chi connectivity index (χ2v) is 5.18. The van der Waals surface area contributed by atoms with Gasteiger partial charge >= 0.3 is 5.97 Å². The van der Waals surface area contributed by atoms with E-state index < -0.39 is 5.97 Å². The van der Waals surface area contributed by atoms with Gasteiger partial charge in [-0.25, -0.2) is 4.79 Å². The minimum absolute atomic E-state index is 0.119. The van der Waals surface area contributed by atoms with E-state index in [0.717, 1.165) is 25.7 Å². The molecule has 0 fully saturated rings. The molecule has 21 heavy (non-hydrogen) atoms. The lowest BCUT2D eigenvalue weighted by Crippen LogP contribution is -2.40. The van der Waals surface area contributed by atoms with Gasteiger partial charge in [-0.05, 0) is 31.9 Å². The lowest BCUT2D eigenvalue weighted by Gasteiger charge is -2.26. The number of carbonyl (C=O) groups excluding carboxylic acids is 2. The van der Waals surface area contributed by atoms with Crippen LogP contribution in [-0.2, 0) is 9.63 Å². The second-order valence-electron chi connectivity index (χ2n) is 5.18. The third kappa shape index (κ3) is 5.58. The number of unbranched alkanes of at least 4 members (excludes halogenated alkanes) is 2. The molecule has 0 aliphatic rings. The smallest absolute Gasteiger partial charge is 0.332 e. The van der Waals surface area contributed by atoms with Crippen molar-refractivity contribution in [2.45, 2.75) is 58.9 Å². The van der Waals surface area contributed by atoms with E-state index >= 15 is 0 Å². The van der Waals surface area contributed by atoms with E-state index in [4.69, 9.17) is 4.84 Å². The molecule has 0 spiro atoms. The van der Waals surface area contributed by atoms with Gasteiger partial charge in [-0.2, -0.15) is 5.06 Å². The maximum atomic E-state index is 12.2. The van der Waals surface area contributed by atoms with Gasteiger partial charge in [0.05, 0.1) is 11.6 Å². The Morgan fingerprint density at radius 2 is 1.81 bits per heavy atom. The molecule has 1 rings (SSSR count). The minimum atomic E-state index is -0.486. The van der Waals surface area contributed by atoms with Crippen molar-refractivity contribution in [2.75, 3.05) is 0 Å². The first-order chi connectivity index (χ1) is 10.1. The number of nitrogens with zero attached hydrogens (tertiary/aromatic N) is 1. The predicted molar refractivity (Wildman–Crippen MR) is 82.6 cm³/mol. The van der Waals surface area contributed by atoms with Crippen LogP contribution >= 0.6 is 0 Å². The second kappa shape index (κ2) is 9.16. The van der Waals surface area contributed by atoms with E-state index in [2.05, 4.69) is 6.92 Å². The topological polar surface area (TPSA) is 46.6 Å². The van der Waals surface area contributed by atoms with E-state index in [-0.39, 0.29) is 11.9 Å². The van der Waals surface area contributed by atoms with Gasteiger partial charge in [-0.3, -0.25) is 4.79 Å². The highest BCUT2D eigenvalue weighted by atomic mass is 16.7. The Labute approximate surface area is 127 Å². The van der Waals surface area contributed by atoms with Gasteiger partial charge in [0.15, 0.2) is 0 Å². The van der Waals surface area contributed by atoms with Crippen molar-refractivity contribution in [3.63, 3.8) is 0 Å². The molecule has 116 valence electrons. The Hall–Kier alpha value is -1.84. The quantitative estimate of drug-likeness (QED) is 0.564. The number of benzene rings is 1. The van der Waals surface area contributed by atoms with E-state index in [1.165, 1.54) is 5.06 Å². The van der Waals surface area contributed by atoms with Crippen molar-refractivity contribution in [1.29, 1.82) is 0 Å². The number of hydroxylamine groups is 2. The molecule has 4 heteroatoms. The molecule has 0 heterocycles. The largest absolute Gasteiger partial charge is 0.363 e.